The van der Waals surface area contributed by atoms with Gasteiger partial charge in [-0.1, -0.05) is 35.5 Å². The highest BCUT2D eigenvalue weighted by molar-refractivity contribution is 8.05. The van der Waals surface area contributed by atoms with Gasteiger partial charge in [0, 0.05) is 22.8 Å². The summed E-state index contributed by atoms with van der Waals surface area (Å²) >= 11 is 6.93. The standard InChI is InChI=1S/C19H13ClN4O4S/c20-12-4-6-13(7-5-12)23-18(26)16(29-19(23)15(10-21)17(22)25)9-11-2-1-3-14(8-11)24(27)28/h1-8,16H,9H2,(H2,22,25)/b19-15-/t16-/m0/s1. The zero-order chi connectivity index (χ0) is 21.1. The Morgan fingerprint density at radius 1 is 1.31 bits per heavy atom. The Morgan fingerprint density at radius 3 is 2.59 bits per heavy atom. The summed E-state index contributed by atoms with van der Waals surface area (Å²) in [5.41, 5.74) is 5.91. The van der Waals surface area contributed by atoms with Gasteiger partial charge in [-0.05, 0) is 36.2 Å². The van der Waals surface area contributed by atoms with E-state index in [-0.39, 0.29) is 28.6 Å². The number of nitro groups is 1. The average Bonchev–Trinajstić information content (AvgIpc) is 2.99. The van der Waals surface area contributed by atoms with E-state index >= 15 is 0 Å². The minimum Gasteiger partial charge on any atom is -0.365 e. The number of nitro benzene ring substituents is 1. The first-order valence-corrected chi connectivity index (χ1v) is 9.51. The number of hydrogen-bond acceptors (Lipinski definition) is 6. The van der Waals surface area contributed by atoms with E-state index in [2.05, 4.69) is 0 Å². The van der Waals surface area contributed by atoms with Crippen molar-refractivity contribution in [2.24, 2.45) is 5.73 Å². The van der Waals surface area contributed by atoms with Crippen molar-refractivity contribution in [3.05, 3.63) is 79.8 Å². The molecular formula is C19H13ClN4O4S. The highest BCUT2D eigenvalue weighted by atomic mass is 35.5. The summed E-state index contributed by atoms with van der Waals surface area (Å²) in [6, 6.07) is 14.1. The number of amides is 2. The van der Waals surface area contributed by atoms with E-state index < -0.39 is 16.1 Å². The maximum Gasteiger partial charge on any atom is 0.269 e. The van der Waals surface area contributed by atoms with Crippen LogP contribution < -0.4 is 10.6 Å². The minimum absolute atomic E-state index is 0.0851. The van der Waals surface area contributed by atoms with Crippen LogP contribution in [0.3, 0.4) is 0 Å². The molecule has 8 nitrogen and oxygen atoms in total. The van der Waals surface area contributed by atoms with Gasteiger partial charge in [0.1, 0.15) is 16.7 Å². The molecule has 0 aliphatic carbocycles. The fourth-order valence-corrected chi connectivity index (χ4v) is 4.28. The number of primary amides is 1. The van der Waals surface area contributed by atoms with Gasteiger partial charge in [0.2, 0.25) is 5.91 Å². The molecule has 1 aliphatic rings. The van der Waals surface area contributed by atoms with Crippen molar-refractivity contribution in [3.63, 3.8) is 0 Å². The molecule has 3 rings (SSSR count). The van der Waals surface area contributed by atoms with Crippen LogP contribution in [0.5, 0.6) is 0 Å². The summed E-state index contributed by atoms with van der Waals surface area (Å²) < 4.78 is 0. The third kappa shape index (κ3) is 4.23. The number of benzene rings is 2. The molecule has 1 atom stereocenters. The predicted octanol–water partition coefficient (Wildman–Crippen LogP) is 3.16. The summed E-state index contributed by atoms with van der Waals surface area (Å²) in [6.07, 6.45) is 0.177. The topological polar surface area (TPSA) is 130 Å². The van der Waals surface area contributed by atoms with E-state index in [1.807, 2.05) is 0 Å². The second-order valence-electron chi connectivity index (χ2n) is 6.04. The van der Waals surface area contributed by atoms with Crippen LogP contribution in [0.4, 0.5) is 11.4 Å². The van der Waals surface area contributed by atoms with Crippen molar-refractivity contribution in [2.75, 3.05) is 4.90 Å². The molecule has 2 aromatic rings. The Bertz CT molecular complexity index is 1080. The average molecular weight is 429 g/mol. The first-order chi connectivity index (χ1) is 13.8. The van der Waals surface area contributed by atoms with Gasteiger partial charge in [0.25, 0.3) is 11.6 Å². The van der Waals surface area contributed by atoms with Crippen LogP contribution in [0, 0.1) is 21.4 Å². The van der Waals surface area contributed by atoms with Gasteiger partial charge in [0.05, 0.1) is 10.2 Å². The van der Waals surface area contributed by atoms with Crippen molar-refractivity contribution in [3.8, 4) is 6.07 Å². The first-order valence-electron chi connectivity index (χ1n) is 8.25. The molecule has 1 heterocycles. The monoisotopic (exact) mass is 428 g/mol. The molecule has 0 bridgehead atoms. The van der Waals surface area contributed by atoms with E-state index in [9.17, 15) is 25.0 Å². The normalized spacial score (nSPS) is 17.7. The SMILES string of the molecule is N#C/C(C(N)=O)=C1/S[C@@H](Cc2cccc([N+](=O)[O-])c2)C(=O)N1c1ccc(Cl)cc1. The second kappa shape index (κ2) is 8.34. The summed E-state index contributed by atoms with van der Waals surface area (Å²) in [5.74, 6) is -1.31. The Labute approximate surface area is 174 Å². The quantitative estimate of drug-likeness (QED) is 0.337. The molecule has 0 saturated carbocycles. The second-order valence-corrected chi connectivity index (χ2v) is 7.67. The molecule has 2 N–H and O–H groups in total. The van der Waals surface area contributed by atoms with Gasteiger partial charge in [-0.2, -0.15) is 5.26 Å². The molecule has 0 unspecified atom stereocenters. The van der Waals surface area contributed by atoms with Crippen LogP contribution in [0.25, 0.3) is 0 Å². The van der Waals surface area contributed by atoms with Crippen molar-refractivity contribution in [1.82, 2.24) is 0 Å². The van der Waals surface area contributed by atoms with Crippen molar-refractivity contribution < 1.29 is 14.5 Å². The first kappa shape index (κ1) is 20.4. The largest absolute Gasteiger partial charge is 0.365 e. The number of hydrogen-bond donors (Lipinski definition) is 1. The Balaban J connectivity index is 2.01. The minimum atomic E-state index is -0.947. The molecule has 0 radical (unpaired) electrons. The Hall–Kier alpha value is -3.35. The molecule has 1 fully saturated rings. The van der Waals surface area contributed by atoms with E-state index in [0.29, 0.717) is 16.3 Å². The van der Waals surface area contributed by atoms with Gasteiger partial charge < -0.3 is 5.73 Å². The van der Waals surface area contributed by atoms with E-state index in [1.165, 1.54) is 23.1 Å². The maximum absolute atomic E-state index is 13.1. The number of halogens is 1. The zero-order valence-corrected chi connectivity index (χ0v) is 16.3. The highest BCUT2D eigenvalue weighted by Gasteiger charge is 2.40. The zero-order valence-electron chi connectivity index (χ0n) is 14.7. The summed E-state index contributed by atoms with van der Waals surface area (Å²) in [7, 11) is 0. The molecule has 2 aromatic carbocycles. The van der Waals surface area contributed by atoms with Crippen LogP contribution >= 0.6 is 23.4 Å². The lowest BCUT2D eigenvalue weighted by molar-refractivity contribution is -0.384. The lowest BCUT2D eigenvalue weighted by atomic mass is 10.1. The van der Waals surface area contributed by atoms with Gasteiger partial charge in [-0.3, -0.25) is 24.6 Å². The van der Waals surface area contributed by atoms with E-state index in [4.69, 9.17) is 17.3 Å². The van der Waals surface area contributed by atoms with E-state index in [1.54, 1.807) is 36.4 Å². The number of nitrogens with two attached hydrogens (primary N) is 1. The number of anilines is 1. The van der Waals surface area contributed by atoms with Gasteiger partial charge in [0.15, 0.2) is 0 Å². The number of carbonyl (C=O) groups is 2. The third-order valence-corrected chi connectivity index (χ3v) is 5.67. The van der Waals surface area contributed by atoms with Gasteiger partial charge in [-0.15, -0.1) is 0 Å². The Kier molecular flexibility index (Phi) is 5.87. The number of thioether (sulfide) groups is 1. The predicted molar refractivity (Wildman–Crippen MR) is 109 cm³/mol. The van der Waals surface area contributed by atoms with Crippen LogP contribution in [-0.4, -0.2) is 22.0 Å². The summed E-state index contributed by atoms with van der Waals surface area (Å²) in [5, 5.41) is 20.3. The number of carbonyl (C=O) groups excluding carboxylic acids is 2. The number of nitrogens with zero attached hydrogens (tertiary/aromatic N) is 3. The number of nitriles is 1. The number of non-ortho nitro benzene ring substituents is 1. The molecule has 29 heavy (non-hydrogen) atoms. The third-order valence-electron chi connectivity index (χ3n) is 4.15. The van der Waals surface area contributed by atoms with Crippen LogP contribution in [-0.2, 0) is 16.0 Å². The van der Waals surface area contributed by atoms with Crippen molar-refractivity contribution in [2.45, 2.75) is 11.7 Å². The van der Waals surface area contributed by atoms with Crippen molar-refractivity contribution in [1.29, 1.82) is 5.26 Å². The molecular weight excluding hydrogens is 416 g/mol. The summed E-state index contributed by atoms with van der Waals surface area (Å²) in [6.45, 7) is 0. The molecule has 2 amide bonds. The molecule has 146 valence electrons. The van der Waals surface area contributed by atoms with Gasteiger partial charge >= 0.3 is 0 Å². The molecule has 10 heteroatoms. The van der Waals surface area contributed by atoms with Gasteiger partial charge in [-0.25, -0.2) is 0 Å². The fourth-order valence-electron chi connectivity index (χ4n) is 2.84. The van der Waals surface area contributed by atoms with Crippen LogP contribution in [0.15, 0.2) is 59.1 Å². The van der Waals surface area contributed by atoms with Crippen LogP contribution in [0.1, 0.15) is 5.56 Å². The summed E-state index contributed by atoms with van der Waals surface area (Å²) in [4.78, 5) is 36.6. The smallest absolute Gasteiger partial charge is 0.269 e. The lowest BCUT2D eigenvalue weighted by Gasteiger charge is -2.18. The van der Waals surface area contributed by atoms with E-state index in [0.717, 1.165) is 11.8 Å². The van der Waals surface area contributed by atoms with Crippen LogP contribution in [0.2, 0.25) is 5.02 Å². The number of rotatable bonds is 5. The Morgan fingerprint density at radius 2 is 2.00 bits per heavy atom. The molecule has 0 spiro atoms. The molecule has 1 aliphatic heterocycles. The van der Waals surface area contributed by atoms with Crippen molar-refractivity contribution >= 4 is 46.6 Å². The highest BCUT2D eigenvalue weighted by Crippen LogP contribution is 2.42. The molecule has 0 aromatic heterocycles. The maximum atomic E-state index is 13.1. The molecule has 1 saturated heterocycles. The lowest BCUT2D eigenvalue weighted by Crippen LogP contribution is -2.31. The fraction of sp³-hybridized carbons (Fsp3) is 0.105.